The summed E-state index contributed by atoms with van der Waals surface area (Å²) in [4.78, 5) is 34.9. The summed E-state index contributed by atoms with van der Waals surface area (Å²) in [6.45, 7) is 4.02. The van der Waals surface area contributed by atoms with Crippen LogP contribution in [0.2, 0.25) is 0 Å². The first-order chi connectivity index (χ1) is 15.3. The van der Waals surface area contributed by atoms with Gasteiger partial charge in [-0.25, -0.2) is 0 Å². The predicted octanol–water partition coefficient (Wildman–Crippen LogP) is 3.00. The average molecular weight is 455 g/mol. The number of aryl methyl sites for hydroxylation is 1. The van der Waals surface area contributed by atoms with Gasteiger partial charge in [-0.15, -0.1) is 10.2 Å². The van der Waals surface area contributed by atoms with E-state index in [0.29, 0.717) is 11.0 Å². The maximum Gasteiger partial charge on any atom is 0.270 e. The summed E-state index contributed by atoms with van der Waals surface area (Å²) in [6.07, 6.45) is 0. The Morgan fingerprint density at radius 1 is 1.16 bits per heavy atom. The third-order valence-corrected chi connectivity index (χ3v) is 5.88. The number of anilines is 1. The number of carbonyl (C=O) groups excluding carboxylic acids is 2. The summed E-state index contributed by atoms with van der Waals surface area (Å²) >= 11 is 1.23. The normalized spacial score (nSPS) is 10.6. The Hall–Kier alpha value is -3.73. The van der Waals surface area contributed by atoms with Crippen molar-refractivity contribution in [2.75, 3.05) is 11.1 Å². The lowest BCUT2D eigenvalue weighted by molar-refractivity contribution is -0.384. The minimum Gasteiger partial charge on any atom is -0.345 e. The van der Waals surface area contributed by atoms with Gasteiger partial charge in [-0.2, -0.15) is 0 Å². The number of amides is 2. The maximum absolute atomic E-state index is 12.3. The minimum atomic E-state index is -0.556. The lowest BCUT2D eigenvalue weighted by atomic mass is 10.1. The molecule has 0 saturated carbocycles. The molecule has 2 N–H and O–H groups in total. The standard InChI is InChI=1S/C21H22N6O4S/c1-13-6-4-9-17(14(13)2)23-19(28)12-32-21-25-24-18(26(21)3)11-22-20(29)15-7-5-8-16(10-15)27(30)31/h4-10H,11-12H2,1-3H3,(H,22,29)(H,23,28). The van der Waals surface area contributed by atoms with E-state index >= 15 is 0 Å². The largest absolute Gasteiger partial charge is 0.345 e. The molecule has 2 amide bonds. The third-order valence-electron chi connectivity index (χ3n) is 4.86. The fourth-order valence-corrected chi connectivity index (χ4v) is 3.58. The highest BCUT2D eigenvalue weighted by Crippen LogP contribution is 2.20. The molecule has 3 rings (SSSR count). The second-order valence-corrected chi connectivity index (χ2v) is 7.97. The van der Waals surface area contributed by atoms with Crippen molar-refractivity contribution in [1.29, 1.82) is 0 Å². The summed E-state index contributed by atoms with van der Waals surface area (Å²) in [5.74, 6) is 0.0200. The zero-order valence-corrected chi connectivity index (χ0v) is 18.6. The molecule has 0 fully saturated rings. The van der Waals surface area contributed by atoms with Crippen LogP contribution in [0.25, 0.3) is 0 Å². The highest BCUT2D eigenvalue weighted by Gasteiger charge is 2.15. The van der Waals surface area contributed by atoms with E-state index in [1.165, 1.54) is 36.0 Å². The molecule has 0 aliphatic rings. The number of hydrogen-bond acceptors (Lipinski definition) is 7. The highest BCUT2D eigenvalue weighted by atomic mass is 32.2. The maximum atomic E-state index is 12.3. The van der Waals surface area contributed by atoms with Crippen molar-refractivity contribution < 1.29 is 14.5 Å². The zero-order valence-electron chi connectivity index (χ0n) is 17.8. The molecule has 0 aliphatic carbocycles. The van der Waals surface area contributed by atoms with Crippen LogP contribution in [0, 0.1) is 24.0 Å². The van der Waals surface area contributed by atoms with Gasteiger partial charge in [-0.05, 0) is 37.1 Å². The summed E-state index contributed by atoms with van der Waals surface area (Å²) in [5, 5.41) is 25.1. The molecule has 10 nitrogen and oxygen atoms in total. The van der Waals surface area contributed by atoms with Gasteiger partial charge in [0.25, 0.3) is 11.6 Å². The first-order valence-corrected chi connectivity index (χ1v) is 10.6. The molecule has 0 aliphatic heterocycles. The van der Waals surface area contributed by atoms with E-state index in [4.69, 9.17) is 0 Å². The molecule has 0 radical (unpaired) electrons. The van der Waals surface area contributed by atoms with Crippen LogP contribution >= 0.6 is 11.8 Å². The Kier molecular flexibility index (Phi) is 7.21. The van der Waals surface area contributed by atoms with E-state index in [0.717, 1.165) is 16.8 Å². The molecule has 0 bridgehead atoms. The second-order valence-electron chi connectivity index (χ2n) is 7.03. The number of nitro benzene ring substituents is 1. The molecule has 3 aromatic rings. The van der Waals surface area contributed by atoms with Crippen LogP contribution in [0.15, 0.2) is 47.6 Å². The van der Waals surface area contributed by atoms with Crippen LogP contribution in [-0.2, 0) is 18.4 Å². The number of carbonyl (C=O) groups is 2. The lowest BCUT2D eigenvalue weighted by Gasteiger charge is -2.10. The number of benzene rings is 2. The van der Waals surface area contributed by atoms with Crippen LogP contribution in [0.1, 0.15) is 27.3 Å². The van der Waals surface area contributed by atoms with Gasteiger partial charge in [0.2, 0.25) is 5.91 Å². The summed E-state index contributed by atoms with van der Waals surface area (Å²) < 4.78 is 1.68. The second kappa shape index (κ2) is 10.1. The first-order valence-electron chi connectivity index (χ1n) is 9.66. The SMILES string of the molecule is Cc1cccc(NC(=O)CSc2nnc(CNC(=O)c3cccc([N+](=O)[O-])c3)n2C)c1C. The van der Waals surface area contributed by atoms with Crippen molar-refractivity contribution in [1.82, 2.24) is 20.1 Å². The van der Waals surface area contributed by atoms with E-state index < -0.39 is 10.8 Å². The van der Waals surface area contributed by atoms with Gasteiger partial charge in [0.1, 0.15) is 0 Å². The van der Waals surface area contributed by atoms with E-state index in [2.05, 4.69) is 20.8 Å². The van der Waals surface area contributed by atoms with Crippen molar-refractivity contribution in [3.63, 3.8) is 0 Å². The molecule has 0 saturated heterocycles. The minimum absolute atomic E-state index is 0.0836. The number of aromatic nitrogens is 3. The zero-order chi connectivity index (χ0) is 23.3. The fraction of sp³-hybridized carbons (Fsp3) is 0.238. The molecule has 166 valence electrons. The van der Waals surface area contributed by atoms with Crippen molar-refractivity contribution >= 4 is 35.0 Å². The number of nitrogens with zero attached hydrogens (tertiary/aromatic N) is 4. The Bertz CT molecular complexity index is 1180. The van der Waals surface area contributed by atoms with Gasteiger partial charge < -0.3 is 15.2 Å². The third kappa shape index (κ3) is 5.49. The first kappa shape index (κ1) is 22.9. The van der Waals surface area contributed by atoms with Gasteiger partial charge >= 0.3 is 0 Å². The topological polar surface area (TPSA) is 132 Å². The van der Waals surface area contributed by atoms with Crippen LogP contribution in [0.3, 0.4) is 0 Å². The number of nitrogens with one attached hydrogen (secondary N) is 2. The number of thioether (sulfide) groups is 1. The van der Waals surface area contributed by atoms with E-state index in [9.17, 15) is 19.7 Å². The molecule has 32 heavy (non-hydrogen) atoms. The van der Waals surface area contributed by atoms with Crippen LogP contribution in [0.4, 0.5) is 11.4 Å². The number of rotatable bonds is 8. The summed E-state index contributed by atoms with van der Waals surface area (Å²) in [5.41, 5.74) is 2.91. The van der Waals surface area contributed by atoms with Gasteiger partial charge in [0.15, 0.2) is 11.0 Å². The molecule has 11 heteroatoms. The Balaban J connectivity index is 1.55. The van der Waals surface area contributed by atoms with Crippen LogP contribution in [-0.4, -0.2) is 37.3 Å². The van der Waals surface area contributed by atoms with Gasteiger partial charge in [0, 0.05) is 30.4 Å². The predicted molar refractivity (Wildman–Crippen MR) is 121 cm³/mol. The van der Waals surface area contributed by atoms with E-state index in [1.807, 2.05) is 32.0 Å². The molecular weight excluding hydrogens is 432 g/mol. The van der Waals surface area contributed by atoms with Gasteiger partial charge in [0.05, 0.1) is 17.2 Å². The van der Waals surface area contributed by atoms with Crippen LogP contribution in [0.5, 0.6) is 0 Å². The molecule has 0 atom stereocenters. The van der Waals surface area contributed by atoms with Gasteiger partial charge in [-0.1, -0.05) is 30.0 Å². The molecule has 2 aromatic carbocycles. The van der Waals surface area contributed by atoms with Crippen molar-refractivity contribution in [3.8, 4) is 0 Å². The Morgan fingerprint density at radius 3 is 2.66 bits per heavy atom. The molecule has 0 unspecified atom stereocenters. The quantitative estimate of drug-likeness (QED) is 0.304. The highest BCUT2D eigenvalue weighted by molar-refractivity contribution is 7.99. The average Bonchev–Trinajstić information content (AvgIpc) is 3.13. The van der Waals surface area contributed by atoms with E-state index in [-0.39, 0.29) is 29.5 Å². The fourth-order valence-electron chi connectivity index (χ4n) is 2.85. The molecule has 1 heterocycles. The van der Waals surface area contributed by atoms with Crippen molar-refractivity contribution in [2.45, 2.75) is 25.5 Å². The molecular formula is C21H22N6O4S. The van der Waals surface area contributed by atoms with Gasteiger partial charge in [-0.3, -0.25) is 19.7 Å². The summed E-state index contributed by atoms with van der Waals surface area (Å²) in [6, 6.07) is 11.2. The smallest absolute Gasteiger partial charge is 0.270 e. The van der Waals surface area contributed by atoms with Crippen LogP contribution < -0.4 is 10.6 Å². The number of non-ortho nitro benzene ring substituents is 1. The van der Waals surface area contributed by atoms with Crippen molar-refractivity contribution in [2.24, 2.45) is 7.05 Å². The van der Waals surface area contributed by atoms with Crippen molar-refractivity contribution in [3.05, 3.63) is 75.1 Å². The Morgan fingerprint density at radius 2 is 1.91 bits per heavy atom. The number of nitro groups is 1. The number of hydrogen-bond donors (Lipinski definition) is 2. The molecule has 0 spiro atoms. The monoisotopic (exact) mass is 454 g/mol. The molecule has 1 aromatic heterocycles. The summed E-state index contributed by atoms with van der Waals surface area (Å²) in [7, 11) is 1.74. The lowest BCUT2D eigenvalue weighted by Crippen LogP contribution is -2.24. The Labute approximate surface area is 188 Å². The van der Waals surface area contributed by atoms with E-state index in [1.54, 1.807) is 11.6 Å².